The van der Waals surface area contributed by atoms with Gasteiger partial charge in [-0.15, -0.1) is 0 Å². The Labute approximate surface area is 186 Å². The van der Waals surface area contributed by atoms with Crippen LogP contribution in [0.15, 0.2) is 48.5 Å². The molecule has 164 valence electrons. The standard InChI is InChI=1S/C25H24N2O5/c28-23(27(17-11-12-17)15-13-24(29)30)10-5-14-26-25(31)32-16-22-20-8-3-1-6-18(20)19-7-2-4-9-21(19)22/h1-4,6-9,17,22H,11-16H2,(H,26,31)(H,29,30). The number of nitrogens with one attached hydrogen (secondary N) is 1. The number of hydrogen-bond donors (Lipinski definition) is 2. The van der Waals surface area contributed by atoms with Gasteiger partial charge in [-0.1, -0.05) is 54.5 Å². The van der Waals surface area contributed by atoms with Gasteiger partial charge in [-0.3, -0.25) is 9.59 Å². The zero-order chi connectivity index (χ0) is 22.5. The molecule has 1 saturated carbocycles. The highest BCUT2D eigenvalue weighted by Crippen LogP contribution is 2.44. The number of carboxylic acids is 1. The zero-order valence-electron chi connectivity index (χ0n) is 17.5. The van der Waals surface area contributed by atoms with Gasteiger partial charge in [-0.2, -0.15) is 0 Å². The molecule has 0 atom stereocenters. The van der Waals surface area contributed by atoms with E-state index in [9.17, 15) is 14.4 Å². The van der Waals surface area contributed by atoms with Crippen molar-refractivity contribution in [1.29, 1.82) is 0 Å². The summed E-state index contributed by atoms with van der Waals surface area (Å²) in [7, 11) is 0. The van der Waals surface area contributed by atoms with E-state index in [1.807, 2.05) is 36.4 Å². The van der Waals surface area contributed by atoms with E-state index in [2.05, 4.69) is 29.3 Å². The maximum atomic E-state index is 12.2. The van der Waals surface area contributed by atoms with Crippen LogP contribution >= 0.6 is 0 Å². The van der Waals surface area contributed by atoms with E-state index in [1.54, 1.807) is 0 Å². The first kappa shape index (κ1) is 21.4. The van der Waals surface area contributed by atoms with Crippen LogP contribution in [0.5, 0.6) is 0 Å². The average Bonchev–Trinajstić information content (AvgIpc) is 3.57. The third kappa shape index (κ3) is 4.92. The average molecular weight is 432 g/mol. The smallest absolute Gasteiger partial charge is 0.407 e. The second-order valence-electron chi connectivity index (χ2n) is 7.85. The summed E-state index contributed by atoms with van der Waals surface area (Å²) < 4.78 is 5.43. The molecule has 7 heteroatoms. The Kier molecular flexibility index (Phi) is 6.41. The molecular formula is C25H24N2O5. The monoisotopic (exact) mass is 432 g/mol. The molecule has 2 aliphatic carbocycles. The van der Waals surface area contributed by atoms with Crippen LogP contribution < -0.4 is 5.32 Å². The molecule has 2 aromatic carbocycles. The van der Waals surface area contributed by atoms with Crippen molar-refractivity contribution in [2.75, 3.05) is 19.7 Å². The number of aliphatic carboxylic acids is 1. The number of amides is 2. The summed E-state index contributed by atoms with van der Waals surface area (Å²) in [5.41, 5.74) is 4.58. The van der Waals surface area contributed by atoms with Crippen molar-refractivity contribution in [2.24, 2.45) is 0 Å². The lowest BCUT2D eigenvalue weighted by molar-refractivity contribution is -0.138. The Balaban J connectivity index is 1.28. The summed E-state index contributed by atoms with van der Waals surface area (Å²) in [5.74, 6) is 3.72. The van der Waals surface area contributed by atoms with Crippen molar-refractivity contribution < 1.29 is 24.2 Å². The summed E-state index contributed by atoms with van der Waals surface area (Å²) in [6.45, 7) is 0.323. The number of carbonyl (C=O) groups is 3. The molecule has 32 heavy (non-hydrogen) atoms. The SMILES string of the molecule is O=C(O)CCN(C(=O)C#CCNC(=O)OCC1c2ccccc2-c2ccccc21)C1CC1. The molecule has 0 unspecified atom stereocenters. The van der Waals surface area contributed by atoms with Crippen LogP contribution in [-0.2, 0) is 14.3 Å². The third-order valence-corrected chi connectivity index (χ3v) is 5.68. The highest BCUT2D eigenvalue weighted by Gasteiger charge is 2.32. The molecule has 0 saturated heterocycles. The fourth-order valence-corrected chi connectivity index (χ4v) is 4.01. The fraction of sp³-hybridized carbons (Fsp3) is 0.320. The van der Waals surface area contributed by atoms with E-state index in [1.165, 1.54) is 4.90 Å². The molecular weight excluding hydrogens is 408 g/mol. The summed E-state index contributed by atoms with van der Waals surface area (Å²) in [4.78, 5) is 36.6. The molecule has 2 aromatic rings. The minimum atomic E-state index is -0.951. The fourth-order valence-electron chi connectivity index (χ4n) is 4.01. The third-order valence-electron chi connectivity index (χ3n) is 5.68. The van der Waals surface area contributed by atoms with Crippen LogP contribution in [-0.4, -0.2) is 53.7 Å². The minimum Gasteiger partial charge on any atom is -0.481 e. The van der Waals surface area contributed by atoms with Crippen LogP contribution in [0.25, 0.3) is 11.1 Å². The number of carboxylic acid groups (broad SMARTS) is 1. The van der Waals surface area contributed by atoms with E-state index < -0.39 is 18.0 Å². The largest absolute Gasteiger partial charge is 0.481 e. The number of hydrogen-bond acceptors (Lipinski definition) is 4. The summed E-state index contributed by atoms with van der Waals surface area (Å²) in [6.07, 6.45) is 1.02. The van der Waals surface area contributed by atoms with Gasteiger partial charge in [-0.05, 0) is 41.0 Å². The van der Waals surface area contributed by atoms with Crippen molar-refractivity contribution >= 4 is 18.0 Å². The summed E-state index contributed by atoms with van der Waals surface area (Å²) >= 11 is 0. The van der Waals surface area contributed by atoms with Crippen molar-refractivity contribution in [3.05, 3.63) is 59.7 Å². The maximum Gasteiger partial charge on any atom is 0.407 e. The number of ether oxygens (including phenoxy) is 1. The quantitative estimate of drug-likeness (QED) is 0.656. The first-order valence-electron chi connectivity index (χ1n) is 10.6. The number of rotatable bonds is 7. The Morgan fingerprint density at radius 3 is 2.25 bits per heavy atom. The number of benzene rings is 2. The van der Waals surface area contributed by atoms with E-state index in [4.69, 9.17) is 9.84 Å². The van der Waals surface area contributed by atoms with Crippen molar-refractivity contribution in [2.45, 2.75) is 31.2 Å². The Hall–Kier alpha value is -3.79. The second kappa shape index (κ2) is 9.56. The van der Waals surface area contributed by atoms with E-state index in [0.717, 1.165) is 35.1 Å². The summed E-state index contributed by atoms with van der Waals surface area (Å²) in [5, 5.41) is 11.4. The molecule has 2 aliphatic rings. The van der Waals surface area contributed by atoms with Gasteiger partial charge in [0.1, 0.15) is 6.61 Å². The number of nitrogens with zero attached hydrogens (tertiary/aromatic N) is 1. The van der Waals surface area contributed by atoms with Crippen molar-refractivity contribution in [3.8, 4) is 23.0 Å². The van der Waals surface area contributed by atoms with Crippen LogP contribution in [0.2, 0.25) is 0 Å². The molecule has 1 fully saturated rings. The number of carbonyl (C=O) groups excluding carboxylic acids is 2. The van der Waals surface area contributed by atoms with E-state index in [0.29, 0.717) is 0 Å². The Morgan fingerprint density at radius 1 is 1.03 bits per heavy atom. The molecule has 0 radical (unpaired) electrons. The normalized spacial score (nSPS) is 13.9. The molecule has 2 N–H and O–H groups in total. The molecule has 0 bridgehead atoms. The van der Waals surface area contributed by atoms with Crippen LogP contribution in [0.4, 0.5) is 4.79 Å². The van der Waals surface area contributed by atoms with Crippen molar-refractivity contribution in [3.63, 3.8) is 0 Å². The van der Waals surface area contributed by atoms with Crippen LogP contribution in [0.3, 0.4) is 0 Å². The molecule has 0 aliphatic heterocycles. The van der Waals surface area contributed by atoms with Crippen LogP contribution in [0.1, 0.15) is 36.3 Å². The maximum absolute atomic E-state index is 12.2. The van der Waals surface area contributed by atoms with Gasteiger partial charge in [-0.25, -0.2) is 4.79 Å². The zero-order valence-corrected chi connectivity index (χ0v) is 17.5. The molecule has 4 rings (SSSR count). The lowest BCUT2D eigenvalue weighted by Gasteiger charge is -2.18. The number of alkyl carbamates (subject to hydrolysis) is 1. The van der Waals surface area contributed by atoms with E-state index >= 15 is 0 Å². The highest BCUT2D eigenvalue weighted by molar-refractivity contribution is 5.94. The Morgan fingerprint density at radius 2 is 1.66 bits per heavy atom. The lowest BCUT2D eigenvalue weighted by atomic mass is 9.98. The Bertz CT molecular complexity index is 1050. The second-order valence-corrected chi connectivity index (χ2v) is 7.85. The first-order chi connectivity index (χ1) is 15.5. The van der Waals surface area contributed by atoms with Gasteiger partial charge < -0.3 is 20.1 Å². The topological polar surface area (TPSA) is 95.9 Å². The van der Waals surface area contributed by atoms with Gasteiger partial charge in [0.2, 0.25) is 0 Å². The highest BCUT2D eigenvalue weighted by atomic mass is 16.5. The first-order valence-corrected chi connectivity index (χ1v) is 10.6. The molecule has 0 heterocycles. The molecule has 0 aromatic heterocycles. The van der Waals surface area contributed by atoms with Crippen LogP contribution in [0, 0.1) is 11.8 Å². The van der Waals surface area contributed by atoms with Gasteiger partial charge >= 0.3 is 12.1 Å². The van der Waals surface area contributed by atoms with Gasteiger partial charge in [0, 0.05) is 18.5 Å². The molecule has 7 nitrogen and oxygen atoms in total. The van der Waals surface area contributed by atoms with Crippen molar-refractivity contribution in [1.82, 2.24) is 10.2 Å². The van der Waals surface area contributed by atoms with Gasteiger partial charge in [0.05, 0.1) is 13.0 Å². The molecule has 2 amide bonds. The van der Waals surface area contributed by atoms with Gasteiger partial charge in [0.25, 0.3) is 5.91 Å². The predicted molar refractivity (Wildman–Crippen MR) is 118 cm³/mol. The number of fused-ring (bicyclic) bond motifs is 3. The minimum absolute atomic E-state index is 0.0258. The van der Waals surface area contributed by atoms with Gasteiger partial charge in [0.15, 0.2) is 0 Å². The lowest BCUT2D eigenvalue weighted by Crippen LogP contribution is -2.34. The predicted octanol–water partition coefficient (Wildman–Crippen LogP) is 2.99. The van der Waals surface area contributed by atoms with E-state index in [-0.39, 0.29) is 38.1 Å². The summed E-state index contributed by atoms with van der Waals surface area (Å²) in [6, 6.07) is 16.3. The molecule has 0 spiro atoms.